The maximum absolute atomic E-state index is 12.6. The second kappa shape index (κ2) is 6.88. The standard InChI is InChI=1S/C19H18ClF3N4/c1-18(2)13-6-4-5-7-15(13)27(3)16(18)8-9-25-26-17-14(20)10-12(11-24-17)19(21,22)23/h4-11H,1-3H3,(H,24,26)/b16-8-,25-9+. The van der Waals surface area contributed by atoms with E-state index >= 15 is 0 Å². The number of allylic oxidation sites excluding steroid dienone is 2. The van der Waals surface area contributed by atoms with E-state index in [9.17, 15) is 13.2 Å². The van der Waals surface area contributed by atoms with Crippen LogP contribution in [0.15, 0.2) is 53.4 Å². The van der Waals surface area contributed by atoms with Crippen LogP contribution in [-0.4, -0.2) is 18.2 Å². The lowest BCUT2D eigenvalue weighted by Gasteiger charge is -2.23. The van der Waals surface area contributed by atoms with Gasteiger partial charge in [0.1, 0.15) is 0 Å². The maximum atomic E-state index is 12.6. The third-order valence-corrected chi connectivity index (χ3v) is 4.87. The molecule has 0 unspecified atom stereocenters. The van der Waals surface area contributed by atoms with E-state index in [1.54, 1.807) is 0 Å². The van der Waals surface area contributed by atoms with Crippen LogP contribution in [0.25, 0.3) is 0 Å². The van der Waals surface area contributed by atoms with Gasteiger partial charge in [0.2, 0.25) is 0 Å². The molecule has 1 aromatic carbocycles. The summed E-state index contributed by atoms with van der Waals surface area (Å²) in [5, 5.41) is 3.86. The molecule has 4 nitrogen and oxygen atoms in total. The van der Waals surface area contributed by atoms with Crippen molar-refractivity contribution in [2.75, 3.05) is 17.4 Å². The van der Waals surface area contributed by atoms with Crippen LogP contribution in [-0.2, 0) is 11.6 Å². The van der Waals surface area contributed by atoms with Gasteiger partial charge in [-0.25, -0.2) is 4.98 Å². The van der Waals surface area contributed by atoms with Crippen molar-refractivity contribution in [3.05, 3.63) is 64.5 Å². The molecule has 1 aliphatic rings. The molecule has 27 heavy (non-hydrogen) atoms. The number of nitrogens with one attached hydrogen (secondary N) is 1. The van der Waals surface area contributed by atoms with Crippen LogP contribution in [0.3, 0.4) is 0 Å². The number of nitrogens with zero attached hydrogens (tertiary/aromatic N) is 3. The van der Waals surface area contributed by atoms with Gasteiger partial charge in [-0.3, -0.25) is 5.43 Å². The van der Waals surface area contributed by atoms with Gasteiger partial charge < -0.3 is 4.90 Å². The monoisotopic (exact) mass is 394 g/mol. The number of alkyl halides is 3. The Balaban J connectivity index is 1.77. The zero-order valence-corrected chi connectivity index (χ0v) is 15.7. The summed E-state index contributed by atoms with van der Waals surface area (Å²) in [6.45, 7) is 4.24. The average molecular weight is 395 g/mol. The molecule has 2 aromatic rings. The summed E-state index contributed by atoms with van der Waals surface area (Å²) in [5.41, 5.74) is 4.86. The SMILES string of the molecule is CN1/C(=C\C=N\Nc2ncc(C(F)(F)F)cc2Cl)C(C)(C)c2ccccc21. The van der Waals surface area contributed by atoms with E-state index in [1.807, 2.05) is 25.3 Å². The van der Waals surface area contributed by atoms with Crippen molar-refractivity contribution < 1.29 is 13.2 Å². The van der Waals surface area contributed by atoms with Crippen molar-refractivity contribution in [2.45, 2.75) is 25.4 Å². The largest absolute Gasteiger partial charge is 0.417 e. The minimum Gasteiger partial charge on any atom is -0.347 e. The van der Waals surface area contributed by atoms with Crippen LogP contribution in [0.5, 0.6) is 0 Å². The van der Waals surface area contributed by atoms with Crippen LogP contribution < -0.4 is 10.3 Å². The van der Waals surface area contributed by atoms with Gasteiger partial charge in [-0.15, -0.1) is 0 Å². The summed E-state index contributed by atoms with van der Waals surface area (Å²) in [4.78, 5) is 5.77. The lowest BCUT2D eigenvalue weighted by atomic mass is 9.84. The smallest absolute Gasteiger partial charge is 0.347 e. The Bertz CT molecular complexity index is 919. The number of para-hydroxylation sites is 1. The zero-order chi connectivity index (χ0) is 19.8. The number of halogens is 4. The highest BCUT2D eigenvalue weighted by atomic mass is 35.5. The fourth-order valence-corrected chi connectivity index (χ4v) is 3.39. The molecular weight excluding hydrogens is 377 g/mol. The van der Waals surface area contributed by atoms with Gasteiger partial charge in [-0.1, -0.05) is 43.6 Å². The molecule has 1 aromatic heterocycles. The molecular formula is C19H18ClF3N4. The van der Waals surface area contributed by atoms with E-state index in [0.29, 0.717) is 6.20 Å². The number of likely N-dealkylation sites (N-methyl/N-ethyl adjacent to an activating group) is 1. The zero-order valence-electron chi connectivity index (χ0n) is 15.0. The quantitative estimate of drug-likeness (QED) is 0.555. The summed E-state index contributed by atoms with van der Waals surface area (Å²) in [5.74, 6) is 0.0571. The first-order valence-corrected chi connectivity index (χ1v) is 8.56. The molecule has 0 bridgehead atoms. The first kappa shape index (κ1) is 19.2. The number of fused-ring (bicyclic) bond motifs is 1. The van der Waals surface area contributed by atoms with Gasteiger partial charge >= 0.3 is 6.18 Å². The highest BCUT2D eigenvalue weighted by Gasteiger charge is 2.37. The first-order valence-electron chi connectivity index (χ1n) is 8.18. The predicted octanol–water partition coefficient (Wildman–Crippen LogP) is 5.46. The Morgan fingerprint density at radius 2 is 1.96 bits per heavy atom. The van der Waals surface area contributed by atoms with Crippen LogP contribution in [0.4, 0.5) is 24.7 Å². The van der Waals surface area contributed by atoms with E-state index < -0.39 is 11.7 Å². The number of hydrogen-bond acceptors (Lipinski definition) is 4. The second-order valence-corrected chi connectivity index (χ2v) is 7.10. The molecule has 1 N–H and O–H groups in total. The Hall–Kier alpha value is -2.54. The Kier molecular flexibility index (Phi) is 4.90. The lowest BCUT2D eigenvalue weighted by Crippen LogP contribution is -2.23. The van der Waals surface area contributed by atoms with Gasteiger partial charge in [-0.2, -0.15) is 18.3 Å². The van der Waals surface area contributed by atoms with Crippen LogP contribution in [0, 0.1) is 0 Å². The van der Waals surface area contributed by atoms with Gasteiger partial charge in [0.15, 0.2) is 5.82 Å². The van der Waals surface area contributed by atoms with Crippen LogP contribution in [0.2, 0.25) is 5.02 Å². The Labute approximate surface area is 160 Å². The summed E-state index contributed by atoms with van der Waals surface area (Å²) in [7, 11) is 1.98. The number of hydrazone groups is 1. The van der Waals surface area contributed by atoms with Gasteiger partial charge in [-0.05, 0) is 23.8 Å². The lowest BCUT2D eigenvalue weighted by molar-refractivity contribution is -0.137. The summed E-state index contributed by atoms with van der Waals surface area (Å²) in [6.07, 6.45) is -0.386. The number of hydrogen-bond donors (Lipinski definition) is 1. The molecule has 0 spiro atoms. The van der Waals surface area contributed by atoms with Crippen LogP contribution >= 0.6 is 11.6 Å². The number of pyridine rings is 1. The van der Waals surface area contributed by atoms with Crippen molar-refractivity contribution in [2.24, 2.45) is 5.10 Å². The number of aromatic nitrogens is 1. The fraction of sp³-hybridized carbons (Fsp3) is 0.263. The average Bonchev–Trinajstić information content (AvgIpc) is 2.79. The number of anilines is 2. The number of benzene rings is 1. The topological polar surface area (TPSA) is 40.5 Å². The van der Waals surface area contributed by atoms with Crippen LogP contribution in [0.1, 0.15) is 25.0 Å². The molecule has 0 amide bonds. The normalized spacial score (nSPS) is 17.6. The summed E-state index contributed by atoms with van der Waals surface area (Å²) < 4.78 is 37.9. The molecule has 0 saturated heterocycles. The molecule has 0 fully saturated rings. The van der Waals surface area contributed by atoms with E-state index in [-0.39, 0.29) is 16.3 Å². The van der Waals surface area contributed by atoms with Crippen molar-refractivity contribution in [1.82, 2.24) is 4.98 Å². The maximum Gasteiger partial charge on any atom is 0.417 e. The van der Waals surface area contributed by atoms with Gasteiger partial charge in [0.05, 0.1) is 10.6 Å². The third kappa shape index (κ3) is 3.64. The molecule has 1 aliphatic heterocycles. The third-order valence-electron chi connectivity index (χ3n) is 4.59. The Morgan fingerprint density at radius 3 is 2.59 bits per heavy atom. The van der Waals surface area contributed by atoms with Crippen molar-refractivity contribution in [1.29, 1.82) is 0 Å². The molecule has 0 radical (unpaired) electrons. The molecule has 0 aliphatic carbocycles. The summed E-state index contributed by atoms with van der Waals surface area (Å²) >= 11 is 5.85. The van der Waals surface area contributed by atoms with Crippen molar-refractivity contribution in [3.8, 4) is 0 Å². The van der Waals surface area contributed by atoms with E-state index in [4.69, 9.17) is 11.6 Å². The molecule has 2 heterocycles. The highest BCUT2D eigenvalue weighted by Crippen LogP contribution is 2.46. The van der Waals surface area contributed by atoms with E-state index in [1.165, 1.54) is 11.8 Å². The highest BCUT2D eigenvalue weighted by molar-refractivity contribution is 6.32. The number of rotatable bonds is 3. The fourth-order valence-electron chi connectivity index (χ4n) is 3.18. The van der Waals surface area contributed by atoms with Gasteiger partial charge in [0, 0.05) is 36.3 Å². The first-order chi connectivity index (χ1) is 12.6. The minimum absolute atomic E-state index is 0.0571. The molecule has 3 rings (SSSR count). The second-order valence-electron chi connectivity index (χ2n) is 6.70. The molecule has 142 valence electrons. The predicted molar refractivity (Wildman–Crippen MR) is 102 cm³/mol. The molecule has 0 saturated carbocycles. The molecule has 0 atom stereocenters. The molecule has 8 heteroatoms. The van der Waals surface area contributed by atoms with E-state index in [2.05, 4.69) is 46.4 Å². The summed E-state index contributed by atoms with van der Waals surface area (Å²) in [6, 6.07) is 8.95. The van der Waals surface area contributed by atoms with E-state index in [0.717, 1.165) is 17.5 Å². The van der Waals surface area contributed by atoms with Crippen molar-refractivity contribution >= 4 is 29.3 Å². The Morgan fingerprint density at radius 1 is 1.26 bits per heavy atom. The van der Waals surface area contributed by atoms with Gasteiger partial charge in [0.25, 0.3) is 0 Å². The minimum atomic E-state index is -4.49. The van der Waals surface area contributed by atoms with Crippen molar-refractivity contribution in [3.63, 3.8) is 0 Å².